The van der Waals surface area contributed by atoms with Crippen LogP contribution in [0.25, 0.3) is 0 Å². The number of alkyl halides is 1. The van der Waals surface area contributed by atoms with Crippen molar-refractivity contribution < 1.29 is 4.39 Å². The van der Waals surface area contributed by atoms with Gasteiger partial charge in [0.1, 0.15) is 6.17 Å². The topological polar surface area (TPSA) is 0 Å². The van der Waals surface area contributed by atoms with Crippen molar-refractivity contribution in [3.05, 3.63) is 33.8 Å². The molecule has 0 aliphatic heterocycles. The van der Waals surface area contributed by atoms with E-state index in [1.807, 2.05) is 18.2 Å². The molecule has 0 aromatic heterocycles. The molecule has 1 aliphatic rings. The second-order valence-electron chi connectivity index (χ2n) is 2.82. The molecule has 0 bridgehead atoms. The van der Waals surface area contributed by atoms with Gasteiger partial charge in [-0.2, -0.15) is 0 Å². The van der Waals surface area contributed by atoms with Crippen molar-refractivity contribution in [2.24, 2.45) is 0 Å². The van der Waals surface area contributed by atoms with Gasteiger partial charge in [-0.3, -0.25) is 0 Å². The Labute approximate surface area is 73.6 Å². The highest BCUT2D eigenvalue weighted by atomic mass is 79.9. The minimum atomic E-state index is -0.749. The van der Waals surface area contributed by atoms with Gasteiger partial charge >= 0.3 is 0 Å². The third kappa shape index (κ3) is 1.09. The third-order valence-electron chi connectivity index (χ3n) is 2.12. The monoisotopic (exact) mass is 214 g/mol. The highest BCUT2D eigenvalue weighted by Gasteiger charge is 2.23. The Bertz CT molecular complexity index is 283. The number of halogens is 2. The van der Waals surface area contributed by atoms with Crippen LogP contribution in [0.15, 0.2) is 22.7 Å². The van der Waals surface area contributed by atoms with Gasteiger partial charge in [0, 0.05) is 10.0 Å². The van der Waals surface area contributed by atoms with Crippen LogP contribution in [0.2, 0.25) is 0 Å². The van der Waals surface area contributed by atoms with Crippen molar-refractivity contribution >= 4 is 15.9 Å². The fourth-order valence-electron chi connectivity index (χ4n) is 1.58. The maximum atomic E-state index is 13.1. The van der Waals surface area contributed by atoms with Crippen LogP contribution < -0.4 is 0 Å². The van der Waals surface area contributed by atoms with Crippen LogP contribution in [-0.4, -0.2) is 0 Å². The zero-order valence-corrected chi connectivity index (χ0v) is 7.57. The molecule has 1 aliphatic carbocycles. The first-order valence-corrected chi connectivity index (χ1v) is 4.49. The molecule has 0 radical (unpaired) electrons. The summed E-state index contributed by atoms with van der Waals surface area (Å²) in [6.07, 6.45) is 0.786. The molecule has 2 rings (SSSR count). The van der Waals surface area contributed by atoms with Crippen molar-refractivity contribution in [1.82, 2.24) is 0 Å². The molecule has 0 saturated carbocycles. The quantitative estimate of drug-likeness (QED) is 0.622. The summed E-state index contributed by atoms with van der Waals surface area (Å²) in [5.74, 6) is 0. The zero-order valence-electron chi connectivity index (χ0n) is 5.98. The number of hydrogen-bond donors (Lipinski definition) is 0. The summed E-state index contributed by atoms with van der Waals surface area (Å²) in [4.78, 5) is 0. The van der Waals surface area contributed by atoms with Crippen LogP contribution >= 0.6 is 15.9 Å². The van der Waals surface area contributed by atoms with Gasteiger partial charge in [-0.25, -0.2) is 4.39 Å². The normalized spacial score (nSPS) is 21.8. The first kappa shape index (κ1) is 7.29. The molecule has 0 amide bonds. The predicted octanol–water partition coefficient (Wildman–Crippen LogP) is 3.41. The zero-order chi connectivity index (χ0) is 7.84. The summed E-state index contributed by atoms with van der Waals surface area (Å²) in [5.41, 5.74) is 2.03. The number of aryl methyl sites for hydroxylation is 1. The summed E-state index contributed by atoms with van der Waals surface area (Å²) in [6.45, 7) is 0. The van der Waals surface area contributed by atoms with Crippen LogP contribution in [0.5, 0.6) is 0 Å². The van der Waals surface area contributed by atoms with E-state index in [4.69, 9.17) is 0 Å². The van der Waals surface area contributed by atoms with Gasteiger partial charge in [-0.05, 0) is 24.5 Å². The van der Waals surface area contributed by atoms with Crippen LogP contribution in [0.1, 0.15) is 23.7 Å². The van der Waals surface area contributed by atoms with E-state index >= 15 is 0 Å². The van der Waals surface area contributed by atoms with E-state index in [2.05, 4.69) is 15.9 Å². The third-order valence-corrected chi connectivity index (χ3v) is 2.82. The van der Waals surface area contributed by atoms with Crippen LogP contribution in [0, 0.1) is 0 Å². The van der Waals surface area contributed by atoms with E-state index in [1.54, 1.807) is 0 Å². The van der Waals surface area contributed by atoms with E-state index in [9.17, 15) is 4.39 Å². The summed E-state index contributed by atoms with van der Waals surface area (Å²) in [5, 5.41) is 0. The molecule has 1 aromatic carbocycles. The Morgan fingerprint density at radius 1 is 1.45 bits per heavy atom. The summed E-state index contributed by atoms with van der Waals surface area (Å²) >= 11 is 3.35. The van der Waals surface area contributed by atoms with Crippen molar-refractivity contribution in [2.75, 3.05) is 0 Å². The summed E-state index contributed by atoms with van der Waals surface area (Å²) in [6, 6.07) is 5.86. The lowest BCUT2D eigenvalue weighted by Gasteiger charge is -2.02. The molecular formula is C9H8BrF. The molecule has 0 fully saturated rings. The molecule has 0 heterocycles. The fraction of sp³-hybridized carbons (Fsp3) is 0.333. The van der Waals surface area contributed by atoms with Gasteiger partial charge in [-0.15, -0.1) is 0 Å². The average molecular weight is 215 g/mol. The molecule has 0 N–H and O–H groups in total. The lowest BCUT2D eigenvalue weighted by molar-refractivity contribution is 0.343. The molecule has 0 saturated heterocycles. The average Bonchev–Trinajstić information content (AvgIpc) is 2.34. The van der Waals surface area contributed by atoms with Gasteiger partial charge in [0.05, 0.1) is 0 Å². The minimum Gasteiger partial charge on any atom is -0.242 e. The highest BCUT2D eigenvalue weighted by Crippen LogP contribution is 2.38. The molecule has 11 heavy (non-hydrogen) atoms. The lowest BCUT2D eigenvalue weighted by atomic mass is 10.1. The van der Waals surface area contributed by atoms with Gasteiger partial charge in [0.2, 0.25) is 0 Å². The first-order valence-electron chi connectivity index (χ1n) is 3.70. The summed E-state index contributed by atoms with van der Waals surface area (Å²) in [7, 11) is 0. The van der Waals surface area contributed by atoms with Gasteiger partial charge in [0.25, 0.3) is 0 Å². The molecule has 0 spiro atoms. The van der Waals surface area contributed by atoms with Crippen molar-refractivity contribution in [3.8, 4) is 0 Å². The summed E-state index contributed by atoms with van der Waals surface area (Å²) < 4.78 is 14.1. The SMILES string of the molecule is FC1CCc2cccc(Br)c21. The maximum Gasteiger partial charge on any atom is 0.127 e. The molecule has 0 nitrogen and oxygen atoms in total. The van der Waals surface area contributed by atoms with Crippen molar-refractivity contribution in [2.45, 2.75) is 19.0 Å². The maximum absolute atomic E-state index is 13.1. The van der Waals surface area contributed by atoms with Crippen LogP contribution in [-0.2, 0) is 6.42 Å². The minimum absolute atomic E-state index is 0.651. The van der Waals surface area contributed by atoms with Crippen molar-refractivity contribution in [1.29, 1.82) is 0 Å². The number of rotatable bonds is 0. The number of hydrogen-bond acceptors (Lipinski definition) is 0. The lowest BCUT2D eigenvalue weighted by Crippen LogP contribution is -1.85. The molecule has 58 valence electrons. The largest absolute Gasteiger partial charge is 0.242 e. The molecule has 2 heteroatoms. The molecule has 1 unspecified atom stereocenters. The Balaban J connectivity index is 2.58. The van der Waals surface area contributed by atoms with Crippen LogP contribution in [0.4, 0.5) is 4.39 Å². The highest BCUT2D eigenvalue weighted by molar-refractivity contribution is 9.10. The standard InChI is InChI=1S/C9H8BrF/c10-7-3-1-2-6-4-5-8(11)9(6)7/h1-3,8H,4-5H2. The predicted molar refractivity (Wildman–Crippen MR) is 46.3 cm³/mol. The first-order chi connectivity index (χ1) is 5.29. The van der Waals surface area contributed by atoms with Gasteiger partial charge in [0.15, 0.2) is 0 Å². The molecule has 1 aromatic rings. The van der Waals surface area contributed by atoms with E-state index in [0.29, 0.717) is 6.42 Å². The Kier molecular flexibility index (Phi) is 1.72. The fourth-order valence-corrected chi connectivity index (χ4v) is 2.23. The van der Waals surface area contributed by atoms with E-state index in [0.717, 1.165) is 22.0 Å². The molecular weight excluding hydrogens is 207 g/mol. The smallest absolute Gasteiger partial charge is 0.127 e. The number of benzene rings is 1. The Morgan fingerprint density at radius 3 is 3.00 bits per heavy atom. The van der Waals surface area contributed by atoms with Crippen molar-refractivity contribution in [3.63, 3.8) is 0 Å². The molecule has 1 atom stereocenters. The Hall–Kier alpha value is -0.370. The second-order valence-corrected chi connectivity index (χ2v) is 3.67. The number of fused-ring (bicyclic) bond motifs is 1. The Morgan fingerprint density at radius 2 is 2.27 bits per heavy atom. The van der Waals surface area contributed by atoms with E-state index in [1.165, 1.54) is 0 Å². The van der Waals surface area contributed by atoms with E-state index < -0.39 is 6.17 Å². The van der Waals surface area contributed by atoms with E-state index in [-0.39, 0.29) is 0 Å². The second kappa shape index (κ2) is 2.59. The van der Waals surface area contributed by atoms with Gasteiger partial charge in [-0.1, -0.05) is 28.1 Å². The van der Waals surface area contributed by atoms with Gasteiger partial charge < -0.3 is 0 Å². The van der Waals surface area contributed by atoms with Crippen LogP contribution in [0.3, 0.4) is 0 Å².